The van der Waals surface area contributed by atoms with E-state index >= 15 is 0 Å². The van der Waals surface area contributed by atoms with Gasteiger partial charge in [0.05, 0.1) is 6.20 Å². The van der Waals surface area contributed by atoms with E-state index in [9.17, 15) is 0 Å². The van der Waals surface area contributed by atoms with Crippen molar-refractivity contribution in [2.24, 2.45) is 0 Å². The van der Waals surface area contributed by atoms with E-state index in [1.807, 2.05) is 0 Å². The third-order valence-corrected chi connectivity index (χ3v) is 1.48. The number of pyridine rings is 1. The summed E-state index contributed by atoms with van der Waals surface area (Å²) in [6.45, 7) is 0. The topological polar surface area (TPSA) is 79.4 Å². The molecule has 4 nitrogen and oxygen atoms in total. The molecule has 0 aliphatic heterocycles. The third kappa shape index (κ3) is 1.83. The molecule has 1 rings (SSSR count). The molecule has 0 spiro atoms. The van der Waals surface area contributed by atoms with E-state index in [1.54, 1.807) is 0 Å². The van der Waals surface area contributed by atoms with Gasteiger partial charge in [0.25, 0.3) is 0 Å². The molecular formula is C5H6BClN2O2. The highest BCUT2D eigenvalue weighted by molar-refractivity contribution is 6.62. The first-order valence-electron chi connectivity index (χ1n) is 2.88. The van der Waals surface area contributed by atoms with Crippen LogP contribution in [0.3, 0.4) is 0 Å². The molecule has 1 aromatic heterocycles. The number of aromatic nitrogens is 1. The Morgan fingerprint density at radius 1 is 1.55 bits per heavy atom. The first-order valence-corrected chi connectivity index (χ1v) is 3.26. The van der Waals surface area contributed by atoms with Crippen LogP contribution in [0.15, 0.2) is 12.3 Å². The molecule has 0 bridgehead atoms. The van der Waals surface area contributed by atoms with Crippen LogP contribution in [0.1, 0.15) is 0 Å². The molecule has 0 aliphatic carbocycles. The van der Waals surface area contributed by atoms with Gasteiger partial charge < -0.3 is 15.8 Å². The predicted molar refractivity (Wildman–Crippen MR) is 43.5 cm³/mol. The smallest absolute Gasteiger partial charge is 0.423 e. The number of halogens is 1. The Hall–Kier alpha value is -0.775. The Morgan fingerprint density at radius 2 is 2.18 bits per heavy atom. The Labute approximate surface area is 68.8 Å². The summed E-state index contributed by atoms with van der Waals surface area (Å²) in [4.78, 5) is 3.62. The number of hydrogen-bond acceptors (Lipinski definition) is 4. The van der Waals surface area contributed by atoms with Gasteiger partial charge in [-0.05, 0) is 6.07 Å². The molecule has 0 aromatic carbocycles. The molecule has 0 atom stereocenters. The third-order valence-electron chi connectivity index (χ3n) is 1.17. The molecule has 0 fully saturated rings. The summed E-state index contributed by atoms with van der Waals surface area (Å²) < 4.78 is 0. The van der Waals surface area contributed by atoms with Gasteiger partial charge in [0.1, 0.15) is 5.15 Å². The standard InChI is InChI=1S/C5H6BClN2O2/c7-5-4(6(10)11)1-3(8)2-9-5/h1-2,10-11H,8H2. The molecule has 1 heterocycles. The van der Waals surface area contributed by atoms with Gasteiger partial charge in [0.2, 0.25) is 0 Å². The molecule has 0 saturated carbocycles. The fourth-order valence-corrected chi connectivity index (χ4v) is 0.864. The first-order chi connectivity index (χ1) is 5.11. The molecule has 11 heavy (non-hydrogen) atoms. The first kappa shape index (κ1) is 8.32. The Bertz CT molecular complexity index is 269. The van der Waals surface area contributed by atoms with Gasteiger partial charge in [-0.15, -0.1) is 0 Å². The number of nitrogens with zero attached hydrogens (tertiary/aromatic N) is 1. The van der Waals surface area contributed by atoms with Crippen molar-refractivity contribution >= 4 is 29.9 Å². The largest absolute Gasteiger partial charge is 0.491 e. The maximum atomic E-state index is 8.70. The Balaban J connectivity index is 3.13. The minimum Gasteiger partial charge on any atom is -0.423 e. The predicted octanol–water partition coefficient (Wildman–Crippen LogP) is -1.00. The van der Waals surface area contributed by atoms with E-state index in [0.29, 0.717) is 5.69 Å². The second-order valence-electron chi connectivity index (χ2n) is 2.02. The molecule has 0 radical (unpaired) electrons. The molecule has 0 saturated heterocycles. The van der Waals surface area contributed by atoms with Gasteiger partial charge in [-0.2, -0.15) is 0 Å². The fraction of sp³-hybridized carbons (Fsp3) is 0. The summed E-state index contributed by atoms with van der Waals surface area (Å²) >= 11 is 5.50. The lowest BCUT2D eigenvalue weighted by molar-refractivity contribution is 0.425. The molecule has 1 aromatic rings. The van der Waals surface area contributed by atoms with Gasteiger partial charge in [0.15, 0.2) is 0 Å². The van der Waals surface area contributed by atoms with Crippen molar-refractivity contribution in [2.45, 2.75) is 0 Å². The van der Waals surface area contributed by atoms with Crippen molar-refractivity contribution in [3.8, 4) is 0 Å². The van der Waals surface area contributed by atoms with Crippen LogP contribution < -0.4 is 11.2 Å². The second kappa shape index (κ2) is 3.08. The maximum absolute atomic E-state index is 8.70. The molecular weight excluding hydrogens is 166 g/mol. The van der Waals surface area contributed by atoms with Gasteiger partial charge in [-0.1, -0.05) is 11.6 Å². The van der Waals surface area contributed by atoms with E-state index in [1.165, 1.54) is 12.3 Å². The number of nitrogens with two attached hydrogens (primary N) is 1. The Morgan fingerprint density at radius 3 is 2.64 bits per heavy atom. The molecule has 0 amide bonds. The average Bonchev–Trinajstić information content (AvgIpc) is 1.94. The fourth-order valence-electron chi connectivity index (χ4n) is 0.663. The van der Waals surface area contributed by atoms with Gasteiger partial charge >= 0.3 is 7.12 Å². The van der Waals surface area contributed by atoms with Crippen LogP contribution in [-0.2, 0) is 0 Å². The minimum absolute atomic E-state index is 0.0502. The lowest BCUT2D eigenvalue weighted by Crippen LogP contribution is -2.31. The molecule has 6 heteroatoms. The van der Waals surface area contributed by atoms with Gasteiger partial charge in [-0.25, -0.2) is 4.98 Å². The SMILES string of the molecule is Nc1cnc(Cl)c(B(O)O)c1. The minimum atomic E-state index is -1.63. The number of nitrogen functional groups attached to an aromatic ring is 1. The van der Waals surface area contributed by atoms with Crippen molar-refractivity contribution in [3.63, 3.8) is 0 Å². The van der Waals surface area contributed by atoms with E-state index in [2.05, 4.69) is 4.98 Å². The van der Waals surface area contributed by atoms with Crippen LogP contribution in [0.4, 0.5) is 5.69 Å². The molecule has 58 valence electrons. The van der Waals surface area contributed by atoms with Crippen LogP contribution in [0, 0.1) is 0 Å². The summed E-state index contributed by atoms with van der Waals surface area (Å²) in [5, 5.41) is 17.5. The normalized spacial score (nSPS) is 9.73. The zero-order chi connectivity index (χ0) is 8.43. The van der Waals surface area contributed by atoms with Crippen molar-refractivity contribution in [3.05, 3.63) is 17.4 Å². The van der Waals surface area contributed by atoms with Crippen molar-refractivity contribution in [2.75, 3.05) is 5.73 Å². The van der Waals surface area contributed by atoms with E-state index < -0.39 is 7.12 Å². The lowest BCUT2D eigenvalue weighted by Gasteiger charge is -2.01. The summed E-state index contributed by atoms with van der Waals surface area (Å²) in [5.41, 5.74) is 5.78. The summed E-state index contributed by atoms with van der Waals surface area (Å²) in [5.74, 6) is 0. The maximum Gasteiger partial charge on any atom is 0.491 e. The summed E-state index contributed by atoms with van der Waals surface area (Å²) in [6.07, 6.45) is 1.34. The van der Waals surface area contributed by atoms with Crippen molar-refractivity contribution in [1.82, 2.24) is 4.98 Å². The van der Waals surface area contributed by atoms with Crippen LogP contribution in [-0.4, -0.2) is 22.2 Å². The molecule has 0 aliphatic rings. The van der Waals surface area contributed by atoms with E-state index in [-0.39, 0.29) is 10.6 Å². The van der Waals surface area contributed by atoms with E-state index in [4.69, 9.17) is 27.4 Å². The summed E-state index contributed by atoms with van der Waals surface area (Å²) in [6, 6.07) is 1.36. The number of anilines is 1. The van der Waals surface area contributed by atoms with Gasteiger partial charge in [-0.3, -0.25) is 0 Å². The van der Waals surface area contributed by atoms with Crippen molar-refractivity contribution < 1.29 is 10.0 Å². The van der Waals surface area contributed by atoms with Crippen LogP contribution >= 0.6 is 11.6 Å². The lowest BCUT2D eigenvalue weighted by atomic mass is 9.81. The van der Waals surface area contributed by atoms with Crippen molar-refractivity contribution in [1.29, 1.82) is 0 Å². The zero-order valence-electron chi connectivity index (χ0n) is 5.53. The van der Waals surface area contributed by atoms with Crippen LogP contribution in [0.25, 0.3) is 0 Å². The number of rotatable bonds is 1. The van der Waals surface area contributed by atoms with Crippen LogP contribution in [0.2, 0.25) is 5.15 Å². The average molecular weight is 172 g/mol. The zero-order valence-corrected chi connectivity index (χ0v) is 6.28. The molecule has 0 unspecified atom stereocenters. The second-order valence-corrected chi connectivity index (χ2v) is 2.38. The molecule has 4 N–H and O–H groups in total. The summed E-state index contributed by atoms with van der Waals surface area (Å²) in [7, 11) is -1.63. The highest BCUT2D eigenvalue weighted by Crippen LogP contribution is 2.04. The van der Waals surface area contributed by atoms with E-state index in [0.717, 1.165) is 0 Å². The quantitative estimate of drug-likeness (QED) is 0.375. The number of hydrogen-bond donors (Lipinski definition) is 3. The highest BCUT2D eigenvalue weighted by Gasteiger charge is 2.15. The van der Waals surface area contributed by atoms with Gasteiger partial charge in [0, 0.05) is 11.2 Å². The Kier molecular flexibility index (Phi) is 2.33. The monoisotopic (exact) mass is 172 g/mol. The highest BCUT2D eigenvalue weighted by atomic mass is 35.5. The van der Waals surface area contributed by atoms with Crippen LogP contribution in [0.5, 0.6) is 0 Å².